The molecule has 144 valence electrons. The zero-order valence-corrected chi connectivity index (χ0v) is 17.4. The van der Waals surface area contributed by atoms with Crippen molar-refractivity contribution in [1.29, 1.82) is 0 Å². The number of piperazine rings is 1. The van der Waals surface area contributed by atoms with Crippen LogP contribution in [-0.2, 0) is 4.79 Å². The Labute approximate surface area is 154 Å². The van der Waals surface area contributed by atoms with E-state index in [1.807, 2.05) is 0 Å². The molecular formula is C21H39N3O. The Morgan fingerprint density at radius 3 is 1.60 bits per heavy atom. The first kappa shape index (κ1) is 19.2. The Kier molecular flexibility index (Phi) is 5.00. The second-order valence-corrected chi connectivity index (χ2v) is 10.5. The molecule has 3 rings (SSSR count). The van der Waals surface area contributed by atoms with Gasteiger partial charge in [-0.2, -0.15) is 0 Å². The smallest absolute Gasteiger partial charge is 0.229 e. The van der Waals surface area contributed by atoms with E-state index >= 15 is 0 Å². The summed E-state index contributed by atoms with van der Waals surface area (Å²) in [7, 11) is 0. The Bertz CT molecular complexity index is 482. The number of rotatable bonds is 2. The van der Waals surface area contributed by atoms with Gasteiger partial charge in [-0.25, -0.2) is 0 Å². The van der Waals surface area contributed by atoms with Crippen molar-refractivity contribution in [2.24, 2.45) is 11.3 Å². The number of nitrogens with zero attached hydrogens (tertiary/aromatic N) is 3. The minimum atomic E-state index is 0.00781. The summed E-state index contributed by atoms with van der Waals surface area (Å²) in [6.07, 6.45) is 4.66. The molecule has 0 aromatic heterocycles. The molecule has 25 heavy (non-hydrogen) atoms. The lowest BCUT2D eigenvalue weighted by molar-refractivity contribution is -0.142. The summed E-state index contributed by atoms with van der Waals surface area (Å²) in [5, 5.41) is 0. The number of hydrogen-bond acceptors (Lipinski definition) is 3. The van der Waals surface area contributed by atoms with Gasteiger partial charge in [0.25, 0.3) is 0 Å². The van der Waals surface area contributed by atoms with Crippen molar-refractivity contribution in [3.8, 4) is 0 Å². The van der Waals surface area contributed by atoms with Crippen LogP contribution in [0.5, 0.6) is 0 Å². The molecule has 0 spiro atoms. The molecule has 1 amide bonds. The van der Waals surface area contributed by atoms with Gasteiger partial charge in [0.2, 0.25) is 5.91 Å². The van der Waals surface area contributed by atoms with Crippen LogP contribution in [0.3, 0.4) is 0 Å². The average Bonchev–Trinajstić information content (AvgIpc) is 3.35. The van der Waals surface area contributed by atoms with Gasteiger partial charge in [-0.3, -0.25) is 14.6 Å². The van der Waals surface area contributed by atoms with Crippen LogP contribution in [0.4, 0.5) is 0 Å². The molecule has 2 saturated heterocycles. The highest BCUT2D eigenvalue weighted by Gasteiger charge is 2.57. The third-order valence-electron chi connectivity index (χ3n) is 6.96. The predicted octanol–water partition coefficient (Wildman–Crippen LogP) is 3.22. The maximum Gasteiger partial charge on any atom is 0.229 e. The highest BCUT2D eigenvalue weighted by atomic mass is 16.2. The molecular weight excluding hydrogens is 310 g/mol. The van der Waals surface area contributed by atoms with Gasteiger partial charge >= 0.3 is 0 Å². The van der Waals surface area contributed by atoms with Gasteiger partial charge in [-0.1, -0.05) is 0 Å². The summed E-state index contributed by atoms with van der Waals surface area (Å²) >= 11 is 0. The second kappa shape index (κ2) is 6.53. The zero-order chi connectivity index (χ0) is 18.5. The molecule has 4 nitrogen and oxygen atoms in total. The molecule has 4 heteroatoms. The number of likely N-dealkylation sites (tertiary alicyclic amines) is 1. The van der Waals surface area contributed by atoms with Gasteiger partial charge in [0.1, 0.15) is 0 Å². The van der Waals surface area contributed by atoms with Crippen molar-refractivity contribution >= 4 is 5.91 Å². The fraction of sp³-hybridized carbons (Fsp3) is 0.952. The summed E-state index contributed by atoms with van der Waals surface area (Å²) in [4.78, 5) is 20.6. The Morgan fingerprint density at radius 2 is 1.20 bits per heavy atom. The number of carbonyl (C=O) groups excluding carboxylic acids is 1. The number of amides is 1. The van der Waals surface area contributed by atoms with Crippen molar-refractivity contribution in [3.63, 3.8) is 0 Å². The van der Waals surface area contributed by atoms with E-state index in [0.29, 0.717) is 11.8 Å². The van der Waals surface area contributed by atoms with E-state index in [1.165, 1.54) is 12.8 Å². The molecule has 0 bridgehead atoms. The minimum absolute atomic E-state index is 0.00781. The number of carbonyl (C=O) groups is 1. The number of hydrogen-bond donors (Lipinski definition) is 0. The highest BCUT2D eigenvalue weighted by molar-refractivity contribution is 5.86. The van der Waals surface area contributed by atoms with Crippen LogP contribution in [0.2, 0.25) is 0 Å². The van der Waals surface area contributed by atoms with Crippen LogP contribution < -0.4 is 0 Å². The first-order valence-electron chi connectivity index (χ1n) is 10.3. The summed E-state index contributed by atoms with van der Waals surface area (Å²) in [6, 6.07) is 0. The Balaban J connectivity index is 1.56. The fourth-order valence-electron chi connectivity index (χ4n) is 4.93. The van der Waals surface area contributed by atoms with Crippen molar-refractivity contribution in [2.45, 2.75) is 78.3 Å². The summed E-state index contributed by atoms with van der Waals surface area (Å²) in [5.41, 5.74) is 0.481. The predicted molar refractivity (Wildman–Crippen MR) is 104 cm³/mol. The summed E-state index contributed by atoms with van der Waals surface area (Å²) in [5.74, 6) is 1.09. The van der Waals surface area contributed by atoms with Gasteiger partial charge in [0.05, 0.1) is 5.41 Å². The van der Waals surface area contributed by atoms with E-state index in [-0.39, 0.29) is 16.5 Å². The Morgan fingerprint density at radius 1 is 0.760 bits per heavy atom. The van der Waals surface area contributed by atoms with E-state index in [0.717, 1.165) is 52.1 Å². The highest BCUT2D eigenvalue weighted by Crippen LogP contribution is 2.56. The second-order valence-electron chi connectivity index (χ2n) is 10.5. The standard InChI is InChI=1S/C21H39N3O/c1-19(2,3)23-11-7-17(8-12-23)21(9-10-21)18(25)22-13-15-24(16-14-22)20(4,5)6/h17H,7-16H2,1-6H3. The van der Waals surface area contributed by atoms with E-state index in [9.17, 15) is 4.79 Å². The topological polar surface area (TPSA) is 26.8 Å². The Hall–Kier alpha value is -0.610. The molecule has 2 aliphatic heterocycles. The van der Waals surface area contributed by atoms with Gasteiger partial charge < -0.3 is 4.90 Å². The molecule has 3 aliphatic rings. The lowest BCUT2D eigenvalue weighted by Gasteiger charge is -2.45. The molecule has 1 saturated carbocycles. The summed E-state index contributed by atoms with van der Waals surface area (Å²) < 4.78 is 0. The van der Waals surface area contributed by atoms with Gasteiger partial charge in [0.15, 0.2) is 0 Å². The van der Waals surface area contributed by atoms with Crippen LogP contribution in [-0.4, -0.2) is 71.0 Å². The van der Waals surface area contributed by atoms with Crippen molar-refractivity contribution in [1.82, 2.24) is 14.7 Å². The van der Waals surface area contributed by atoms with Crippen LogP contribution in [0.1, 0.15) is 67.2 Å². The van der Waals surface area contributed by atoms with Crippen LogP contribution in [0.25, 0.3) is 0 Å². The average molecular weight is 350 g/mol. The third-order valence-corrected chi connectivity index (χ3v) is 6.96. The minimum Gasteiger partial charge on any atom is -0.340 e. The van der Waals surface area contributed by atoms with E-state index in [1.54, 1.807) is 0 Å². The van der Waals surface area contributed by atoms with Crippen molar-refractivity contribution in [2.75, 3.05) is 39.3 Å². The molecule has 0 N–H and O–H groups in total. The lowest BCUT2D eigenvalue weighted by atomic mass is 9.79. The van der Waals surface area contributed by atoms with Crippen molar-refractivity contribution in [3.05, 3.63) is 0 Å². The molecule has 2 heterocycles. The van der Waals surface area contributed by atoms with Gasteiger partial charge in [0, 0.05) is 37.3 Å². The van der Waals surface area contributed by atoms with E-state index in [2.05, 4.69) is 56.2 Å². The molecule has 0 aromatic carbocycles. The zero-order valence-electron chi connectivity index (χ0n) is 17.4. The molecule has 3 fully saturated rings. The van der Waals surface area contributed by atoms with Crippen LogP contribution in [0.15, 0.2) is 0 Å². The number of piperidine rings is 1. The first-order chi connectivity index (χ1) is 11.5. The largest absolute Gasteiger partial charge is 0.340 e. The van der Waals surface area contributed by atoms with Gasteiger partial charge in [-0.05, 0) is 86.2 Å². The van der Waals surface area contributed by atoms with Gasteiger partial charge in [-0.15, -0.1) is 0 Å². The molecule has 0 aromatic rings. The summed E-state index contributed by atoms with van der Waals surface area (Å²) in [6.45, 7) is 19.9. The van der Waals surface area contributed by atoms with Crippen LogP contribution >= 0.6 is 0 Å². The lowest BCUT2D eigenvalue weighted by Crippen LogP contribution is -2.56. The quantitative estimate of drug-likeness (QED) is 0.766. The molecule has 0 radical (unpaired) electrons. The van der Waals surface area contributed by atoms with E-state index < -0.39 is 0 Å². The fourth-order valence-corrected chi connectivity index (χ4v) is 4.93. The SMILES string of the molecule is CC(C)(C)N1CCC(C2(C(=O)N3CCN(C(C)(C)C)CC3)CC2)CC1. The molecule has 1 aliphatic carbocycles. The molecule has 0 atom stereocenters. The van der Waals surface area contributed by atoms with Crippen LogP contribution in [0, 0.1) is 11.3 Å². The van der Waals surface area contributed by atoms with E-state index in [4.69, 9.17) is 0 Å². The maximum absolute atomic E-state index is 13.3. The normalized spacial score (nSPS) is 26.7. The van der Waals surface area contributed by atoms with Crippen molar-refractivity contribution < 1.29 is 4.79 Å². The monoisotopic (exact) mass is 349 g/mol. The molecule has 0 unspecified atom stereocenters. The maximum atomic E-state index is 13.3. The first-order valence-corrected chi connectivity index (χ1v) is 10.3. The third kappa shape index (κ3) is 3.90.